The number of anilines is 1. The molecule has 1 atom stereocenters. The van der Waals surface area contributed by atoms with Crippen molar-refractivity contribution in [1.82, 2.24) is 19.8 Å². The number of nitrogens with two attached hydrogens (primary N) is 1. The molecule has 1 saturated heterocycles. The van der Waals surface area contributed by atoms with Gasteiger partial charge in [0.2, 0.25) is 5.95 Å². The average molecular weight is 367 g/mol. The summed E-state index contributed by atoms with van der Waals surface area (Å²) < 4.78 is 0. The van der Waals surface area contributed by atoms with Crippen LogP contribution in [-0.2, 0) is 19.4 Å². The molecule has 4 rings (SSSR count). The maximum atomic E-state index is 13.1. The fourth-order valence-corrected chi connectivity index (χ4v) is 4.27. The third-order valence-corrected chi connectivity index (χ3v) is 5.67. The van der Waals surface area contributed by atoms with Crippen LogP contribution in [0.25, 0.3) is 0 Å². The van der Waals surface area contributed by atoms with Crippen LogP contribution < -0.4 is 11.3 Å². The van der Waals surface area contributed by atoms with E-state index >= 15 is 0 Å². The Morgan fingerprint density at radius 2 is 2.26 bits per heavy atom. The summed E-state index contributed by atoms with van der Waals surface area (Å²) in [5, 5.41) is 0. The minimum Gasteiger partial charge on any atom is -0.369 e. The fraction of sp³-hybridized carbons (Fsp3) is 0.450. The molecule has 1 amide bonds. The molecule has 1 aromatic carbocycles. The van der Waals surface area contributed by atoms with E-state index < -0.39 is 0 Å². The van der Waals surface area contributed by atoms with Crippen LogP contribution >= 0.6 is 0 Å². The lowest BCUT2D eigenvalue weighted by Crippen LogP contribution is -2.36. The molecule has 0 spiro atoms. The smallest absolute Gasteiger partial charge is 0.254 e. The second-order valence-corrected chi connectivity index (χ2v) is 7.53. The van der Waals surface area contributed by atoms with Gasteiger partial charge in [-0.05, 0) is 49.9 Å². The van der Waals surface area contributed by atoms with Crippen LogP contribution in [0.1, 0.15) is 40.0 Å². The molecule has 1 fully saturated rings. The van der Waals surface area contributed by atoms with Gasteiger partial charge in [-0.2, -0.15) is 0 Å². The van der Waals surface area contributed by atoms with Crippen LogP contribution in [0.2, 0.25) is 0 Å². The highest BCUT2D eigenvalue weighted by Gasteiger charge is 2.31. The van der Waals surface area contributed by atoms with Crippen molar-refractivity contribution in [1.29, 1.82) is 0 Å². The molecule has 1 aliphatic carbocycles. The van der Waals surface area contributed by atoms with Crippen LogP contribution in [0, 0.1) is 0 Å². The predicted molar refractivity (Wildman–Crippen MR) is 104 cm³/mol. The molecule has 2 aliphatic rings. The lowest BCUT2D eigenvalue weighted by Gasteiger charge is -2.24. The Kier molecular flexibility index (Phi) is 4.70. The number of carbonyl (C=O) groups is 1. The molecule has 1 unspecified atom stereocenters. The van der Waals surface area contributed by atoms with E-state index in [0.717, 1.165) is 37.8 Å². The van der Waals surface area contributed by atoms with Gasteiger partial charge in [0, 0.05) is 37.3 Å². The molecule has 1 aromatic heterocycles. The molecule has 2 aromatic rings. The third-order valence-electron chi connectivity index (χ3n) is 5.67. The first-order chi connectivity index (χ1) is 13.0. The van der Waals surface area contributed by atoms with E-state index in [1.807, 2.05) is 24.1 Å². The number of carbonyl (C=O) groups excluding carboxylic acids is 1. The molecule has 0 radical (unpaired) electrons. The number of amides is 1. The Balaban J connectivity index is 1.43. The van der Waals surface area contributed by atoms with Gasteiger partial charge in [0.25, 0.3) is 11.5 Å². The maximum Gasteiger partial charge on any atom is 0.254 e. The number of hydrogen-bond acceptors (Lipinski definition) is 5. The van der Waals surface area contributed by atoms with Crippen molar-refractivity contribution in [3.8, 4) is 0 Å². The van der Waals surface area contributed by atoms with Gasteiger partial charge in [0.05, 0.1) is 5.69 Å². The molecular weight excluding hydrogens is 342 g/mol. The van der Waals surface area contributed by atoms with Crippen molar-refractivity contribution in [3.05, 3.63) is 57.0 Å². The van der Waals surface area contributed by atoms with Crippen LogP contribution in [0.5, 0.6) is 0 Å². The number of likely N-dealkylation sites (N-methyl/N-ethyl adjacent to an activating group) is 1. The first-order valence-electron chi connectivity index (χ1n) is 9.47. The highest BCUT2D eigenvalue weighted by molar-refractivity contribution is 5.96. The normalized spacial score (nSPS) is 18.9. The monoisotopic (exact) mass is 367 g/mol. The number of nitrogen functional groups attached to an aromatic ring is 1. The number of aryl methyl sites for hydroxylation is 1. The number of aromatic nitrogens is 2. The number of benzene rings is 1. The van der Waals surface area contributed by atoms with Gasteiger partial charge in [0.15, 0.2) is 0 Å². The van der Waals surface area contributed by atoms with E-state index in [1.54, 1.807) is 0 Å². The molecule has 142 valence electrons. The number of aromatic amines is 1. The minimum absolute atomic E-state index is 0.132. The summed E-state index contributed by atoms with van der Waals surface area (Å²) >= 11 is 0. The summed E-state index contributed by atoms with van der Waals surface area (Å²) in [6.45, 7) is 1.97. The van der Waals surface area contributed by atoms with Crippen LogP contribution in [0.4, 0.5) is 5.95 Å². The number of likely N-dealkylation sites (tertiary alicyclic amines) is 1. The first-order valence-corrected chi connectivity index (χ1v) is 9.47. The number of fused-ring (bicyclic) bond motifs is 1. The lowest BCUT2D eigenvalue weighted by molar-refractivity contribution is 0.0778. The summed E-state index contributed by atoms with van der Waals surface area (Å²) in [5.74, 6) is 0.273. The number of nitrogens with one attached hydrogen (secondary N) is 1. The van der Waals surface area contributed by atoms with E-state index in [4.69, 9.17) is 5.73 Å². The summed E-state index contributed by atoms with van der Waals surface area (Å²) in [4.78, 5) is 35.3. The zero-order valence-corrected chi connectivity index (χ0v) is 15.6. The highest BCUT2D eigenvalue weighted by atomic mass is 16.2. The molecule has 2 heterocycles. The van der Waals surface area contributed by atoms with E-state index in [9.17, 15) is 9.59 Å². The first kappa shape index (κ1) is 17.7. The highest BCUT2D eigenvalue weighted by Crippen LogP contribution is 2.27. The van der Waals surface area contributed by atoms with Gasteiger partial charge in [-0.3, -0.25) is 19.5 Å². The Morgan fingerprint density at radius 3 is 3.07 bits per heavy atom. The lowest BCUT2D eigenvalue weighted by atomic mass is 10.0. The number of H-pyrrole nitrogens is 1. The number of nitrogens with zero attached hydrogens (tertiary/aromatic N) is 3. The van der Waals surface area contributed by atoms with Crippen LogP contribution in [-0.4, -0.2) is 51.9 Å². The van der Waals surface area contributed by atoms with Crippen molar-refractivity contribution in [2.75, 3.05) is 25.9 Å². The Hall–Kier alpha value is -2.67. The molecule has 3 N–H and O–H groups in total. The quantitative estimate of drug-likeness (QED) is 0.846. The SMILES string of the molecule is CN(Cc1cc(=O)[nH]c(N)n1)C1CCN(C(=O)c2cccc3c2CCC3)C1. The van der Waals surface area contributed by atoms with Crippen LogP contribution in [0.3, 0.4) is 0 Å². The van der Waals surface area contributed by atoms with Gasteiger partial charge >= 0.3 is 0 Å². The van der Waals surface area contributed by atoms with Crippen molar-refractivity contribution >= 4 is 11.9 Å². The van der Waals surface area contributed by atoms with Gasteiger partial charge in [-0.15, -0.1) is 0 Å². The number of hydrogen-bond donors (Lipinski definition) is 2. The topological polar surface area (TPSA) is 95.3 Å². The second-order valence-electron chi connectivity index (χ2n) is 7.53. The van der Waals surface area contributed by atoms with Gasteiger partial charge in [0.1, 0.15) is 0 Å². The maximum absolute atomic E-state index is 13.1. The third kappa shape index (κ3) is 3.60. The molecule has 1 aliphatic heterocycles. The van der Waals surface area contributed by atoms with Gasteiger partial charge in [-0.1, -0.05) is 12.1 Å². The van der Waals surface area contributed by atoms with E-state index in [1.165, 1.54) is 17.2 Å². The van der Waals surface area contributed by atoms with Gasteiger partial charge in [-0.25, -0.2) is 4.98 Å². The molecular formula is C20H25N5O2. The summed E-state index contributed by atoms with van der Waals surface area (Å²) in [7, 11) is 2.00. The molecule has 7 heteroatoms. The Labute approximate surface area is 158 Å². The second kappa shape index (κ2) is 7.15. The number of rotatable bonds is 4. The van der Waals surface area contributed by atoms with Crippen molar-refractivity contribution in [2.45, 2.75) is 38.3 Å². The van der Waals surface area contributed by atoms with E-state index in [-0.39, 0.29) is 23.5 Å². The van der Waals surface area contributed by atoms with Gasteiger partial charge < -0.3 is 10.6 Å². The molecule has 27 heavy (non-hydrogen) atoms. The summed E-state index contributed by atoms with van der Waals surface area (Å²) in [6.07, 6.45) is 4.13. The Bertz CT molecular complexity index is 923. The van der Waals surface area contributed by atoms with Crippen molar-refractivity contribution in [3.63, 3.8) is 0 Å². The zero-order valence-electron chi connectivity index (χ0n) is 15.6. The zero-order chi connectivity index (χ0) is 19.0. The minimum atomic E-state index is -0.243. The molecule has 7 nitrogen and oxygen atoms in total. The standard InChI is InChI=1S/C20H25N5O2/c1-24(11-14-10-18(26)23-20(21)22-14)15-8-9-25(12-15)19(27)17-7-3-5-13-4-2-6-16(13)17/h3,5,7,10,15H,2,4,6,8-9,11-12H2,1H3,(H3,21,22,23,26). The van der Waals surface area contributed by atoms with Crippen molar-refractivity contribution < 1.29 is 4.79 Å². The van der Waals surface area contributed by atoms with E-state index in [2.05, 4.69) is 20.9 Å². The van der Waals surface area contributed by atoms with Crippen molar-refractivity contribution in [2.24, 2.45) is 0 Å². The van der Waals surface area contributed by atoms with Crippen LogP contribution in [0.15, 0.2) is 29.1 Å². The molecule has 0 saturated carbocycles. The largest absolute Gasteiger partial charge is 0.369 e. The molecule has 0 bridgehead atoms. The predicted octanol–water partition coefficient (Wildman–Crippen LogP) is 1.19. The van der Waals surface area contributed by atoms with E-state index in [0.29, 0.717) is 18.8 Å². The Morgan fingerprint density at radius 1 is 1.41 bits per heavy atom. The summed E-state index contributed by atoms with van der Waals surface area (Å²) in [6, 6.07) is 7.82. The fourth-order valence-electron chi connectivity index (χ4n) is 4.27. The average Bonchev–Trinajstić information content (AvgIpc) is 3.29. The summed E-state index contributed by atoms with van der Waals surface area (Å²) in [5.41, 5.74) is 9.46.